The van der Waals surface area contributed by atoms with Crippen LogP contribution in [0, 0.1) is 10.1 Å². The van der Waals surface area contributed by atoms with Crippen molar-refractivity contribution in [3.63, 3.8) is 0 Å². The molecule has 0 radical (unpaired) electrons. The summed E-state index contributed by atoms with van der Waals surface area (Å²) in [6.45, 7) is 4.95. The molecule has 1 aliphatic rings. The number of rotatable bonds is 3. The zero-order valence-corrected chi connectivity index (χ0v) is 10.4. The first-order chi connectivity index (χ1) is 8.45. The molecule has 0 bridgehead atoms. The van der Waals surface area contributed by atoms with Gasteiger partial charge in [0.2, 0.25) is 0 Å². The molecule has 18 heavy (non-hydrogen) atoms. The average molecular weight is 252 g/mol. The van der Waals surface area contributed by atoms with Gasteiger partial charge in [-0.2, -0.15) is 0 Å². The summed E-state index contributed by atoms with van der Waals surface area (Å²) in [4.78, 5) is 12.3. The molecule has 0 saturated carbocycles. The van der Waals surface area contributed by atoms with Crippen LogP contribution >= 0.6 is 0 Å². The number of anilines is 1. The van der Waals surface area contributed by atoms with Crippen molar-refractivity contribution < 1.29 is 14.8 Å². The van der Waals surface area contributed by atoms with Crippen LogP contribution in [0.3, 0.4) is 0 Å². The van der Waals surface area contributed by atoms with Crippen LogP contribution in [0.1, 0.15) is 13.8 Å². The van der Waals surface area contributed by atoms with E-state index in [-0.39, 0.29) is 12.3 Å². The predicted molar refractivity (Wildman–Crippen MR) is 67.1 cm³/mol. The molecule has 0 fully saturated rings. The monoisotopic (exact) mass is 252 g/mol. The van der Waals surface area contributed by atoms with E-state index in [0.717, 1.165) is 5.69 Å². The van der Waals surface area contributed by atoms with E-state index in [1.807, 2.05) is 18.7 Å². The average Bonchev–Trinajstić information content (AvgIpc) is 2.37. The maximum absolute atomic E-state index is 10.7. The van der Waals surface area contributed by atoms with Crippen LogP contribution in [0.2, 0.25) is 0 Å². The van der Waals surface area contributed by atoms with Gasteiger partial charge < -0.3 is 14.7 Å². The van der Waals surface area contributed by atoms with Crippen LogP contribution in [0.5, 0.6) is 5.75 Å². The number of fused-ring (bicyclic) bond motifs is 1. The van der Waals surface area contributed by atoms with Gasteiger partial charge in [-0.05, 0) is 19.9 Å². The van der Waals surface area contributed by atoms with Gasteiger partial charge in [0.15, 0.2) is 0 Å². The quantitative estimate of drug-likeness (QED) is 0.652. The SMILES string of the molecule is CC(C)(CO)N1CCOc2cc([N+](=O)[O-])ccc21. The lowest BCUT2D eigenvalue weighted by Crippen LogP contribution is -2.50. The lowest BCUT2D eigenvalue weighted by molar-refractivity contribution is -0.384. The largest absolute Gasteiger partial charge is 0.489 e. The second kappa shape index (κ2) is 4.45. The Kier molecular flexibility index (Phi) is 3.13. The first-order valence-electron chi connectivity index (χ1n) is 5.75. The van der Waals surface area contributed by atoms with Crippen molar-refractivity contribution in [1.82, 2.24) is 0 Å². The maximum Gasteiger partial charge on any atom is 0.273 e. The molecule has 98 valence electrons. The minimum atomic E-state index is -0.445. The Hall–Kier alpha value is -1.82. The summed E-state index contributed by atoms with van der Waals surface area (Å²) < 4.78 is 5.46. The summed E-state index contributed by atoms with van der Waals surface area (Å²) >= 11 is 0. The van der Waals surface area contributed by atoms with Crippen molar-refractivity contribution in [3.8, 4) is 5.75 Å². The molecule has 0 atom stereocenters. The van der Waals surface area contributed by atoms with Crippen LogP contribution in [0.15, 0.2) is 18.2 Å². The first kappa shape index (κ1) is 12.6. The number of aliphatic hydroxyl groups is 1. The number of non-ortho nitro benzene ring substituents is 1. The van der Waals surface area contributed by atoms with Crippen LogP contribution in [0.4, 0.5) is 11.4 Å². The van der Waals surface area contributed by atoms with Crippen molar-refractivity contribution in [1.29, 1.82) is 0 Å². The fourth-order valence-electron chi connectivity index (χ4n) is 2.04. The molecule has 1 aromatic rings. The molecule has 0 spiro atoms. The second-order valence-corrected chi connectivity index (χ2v) is 4.88. The highest BCUT2D eigenvalue weighted by Gasteiger charge is 2.31. The summed E-state index contributed by atoms with van der Waals surface area (Å²) in [5.74, 6) is 0.497. The van der Waals surface area contributed by atoms with Gasteiger partial charge in [0.1, 0.15) is 12.4 Å². The Balaban J connectivity index is 2.42. The number of hydrogen-bond donors (Lipinski definition) is 1. The molecule has 1 N–H and O–H groups in total. The summed E-state index contributed by atoms with van der Waals surface area (Å²) in [6.07, 6.45) is 0. The van der Waals surface area contributed by atoms with Gasteiger partial charge >= 0.3 is 0 Å². The third-order valence-corrected chi connectivity index (χ3v) is 3.14. The van der Waals surface area contributed by atoms with Crippen LogP contribution in [-0.2, 0) is 0 Å². The van der Waals surface area contributed by atoms with Crippen molar-refractivity contribution in [2.75, 3.05) is 24.7 Å². The van der Waals surface area contributed by atoms with Crippen LogP contribution in [0.25, 0.3) is 0 Å². The molecule has 0 unspecified atom stereocenters. The van der Waals surface area contributed by atoms with Gasteiger partial charge in [-0.25, -0.2) is 0 Å². The van der Waals surface area contributed by atoms with E-state index in [4.69, 9.17) is 4.74 Å². The number of benzene rings is 1. The number of nitro groups is 1. The molecular weight excluding hydrogens is 236 g/mol. The lowest BCUT2D eigenvalue weighted by Gasteiger charge is -2.42. The smallest absolute Gasteiger partial charge is 0.273 e. The summed E-state index contributed by atoms with van der Waals surface area (Å²) in [6, 6.07) is 4.55. The molecule has 0 amide bonds. The van der Waals surface area contributed by atoms with Crippen molar-refractivity contribution in [2.45, 2.75) is 19.4 Å². The topological polar surface area (TPSA) is 75.8 Å². The molecule has 6 heteroatoms. The molecule has 6 nitrogen and oxygen atoms in total. The van der Waals surface area contributed by atoms with E-state index in [9.17, 15) is 15.2 Å². The van der Waals surface area contributed by atoms with Crippen molar-refractivity contribution in [2.24, 2.45) is 0 Å². The van der Waals surface area contributed by atoms with E-state index in [1.165, 1.54) is 12.1 Å². The van der Waals surface area contributed by atoms with Gasteiger partial charge in [-0.1, -0.05) is 0 Å². The van der Waals surface area contributed by atoms with Gasteiger partial charge in [0, 0.05) is 6.07 Å². The third kappa shape index (κ3) is 2.11. The zero-order valence-electron chi connectivity index (χ0n) is 10.4. The maximum atomic E-state index is 10.7. The standard InChI is InChI=1S/C12H16N2O4/c1-12(2,8-15)13-5-6-18-11-7-9(14(16)17)3-4-10(11)13/h3-4,7,15H,5-6,8H2,1-2H3. The molecule has 0 aliphatic carbocycles. The van der Waals surface area contributed by atoms with E-state index in [0.29, 0.717) is 18.9 Å². The van der Waals surface area contributed by atoms with Gasteiger partial charge in [0.25, 0.3) is 5.69 Å². The Morgan fingerprint density at radius 3 is 2.89 bits per heavy atom. The lowest BCUT2D eigenvalue weighted by atomic mass is 10.0. The highest BCUT2D eigenvalue weighted by molar-refractivity contribution is 5.64. The second-order valence-electron chi connectivity index (χ2n) is 4.88. The van der Waals surface area contributed by atoms with E-state index < -0.39 is 10.5 Å². The number of ether oxygens (including phenoxy) is 1. The predicted octanol–water partition coefficient (Wildman–Crippen LogP) is 1.56. The van der Waals surface area contributed by atoms with Crippen LogP contribution < -0.4 is 9.64 Å². The summed E-state index contributed by atoms with van der Waals surface area (Å²) in [5, 5.41) is 20.1. The van der Waals surface area contributed by atoms with Gasteiger partial charge in [-0.3, -0.25) is 10.1 Å². The number of nitro benzene ring substituents is 1. The van der Waals surface area contributed by atoms with Crippen molar-refractivity contribution >= 4 is 11.4 Å². The van der Waals surface area contributed by atoms with E-state index >= 15 is 0 Å². The van der Waals surface area contributed by atoms with Gasteiger partial charge in [0.05, 0.1) is 35.4 Å². The fourth-order valence-corrected chi connectivity index (χ4v) is 2.04. The Labute approximate surface area is 105 Å². The first-order valence-corrected chi connectivity index (χ1v) is 5.75. The molecule has 0 aromatic heterocycles. The minimum Gasteiger partial charge on any atom is -0.489 e. The molecule has 1 heterocycles. The highest BCUT2D eigenvalue weighted by atomic mass is 16.6. The Morgan fingerprint density at radius 2 is 2.28 bits per heavy atom. The summed E-state index contributed by atoms with van der Waals surface area (Å²) in [5.41, 5.74) is 0.373. The summed E-state index contributed by atoms with van der Waals surface area (Å²) in [7, 11) is 0. The van der Waals surface area contributed by atoms with Crippen molar-refractivity contribution in [3.05, 3.63) is 28.3 Å². The number of hydrogen-bond acceptors (Lipinski definition) is 5. The minimum absolute atomic E-state index is 0.00340. The van der Waals surface area contributed by atoms with E-state index in [2.05, 4.69) is 0 Å². The molecular formula is C12H16N2O4. The molecule has 1 aromatic carbocycles. The molecule has 2 rings (SSSR count). The Bertz CT molecular complexity index is 473. The fraction of sp³-hybridized carbons (Fsp3) is 0.500. The van der Waals surface area contributed by atoms with Crippen LogP contribution in [-0.4, -0.2) is 35.3 Å². The molecule has 1 aliphatic heterocycles. The third-order valence-electron chi connectivity index (χ3n) is 3.14. The van der Waals surface area contributed by atoms with E-state index in [1.54, 1.807) is 6.07 Å². The highest BCUT2D eigenvalue weighted by Crippen LogP contribution is 2.38. The molecule has 0 saturated heterocycles. The Morgan fingerprint density at radius 1 is 1.56 bits per heavy atom. The zero-order chi connectivity index (χ0) is 13.3. The number of aliphatic hydroxyl groups excluding tert-OH is 1. The van der Waals surface area contributed by atoms with Gasteiger partial charge in [-0.15, -0.1) is 0 Å². The number of nitrogens with zero attached hydrogens (tertiary/aromatic N) is 2. The normalized spacial score (nSPS) is 14.9.